The second-order valence-electron chi connectivity index (χ2n) is 4.58. The quantitative estimate of drug-likeness (QED) is 0.736. The second kappa shape index (κ2) is 7.34. The lowest BCUT2D eigenvalue weighted by Gasteiger charge is -2.23. The smallest absolute Gasteiger partial charge is 0.123 e. The van der Waals surface area contributed by atoms with Crippen molar-refractivity contribution < 1.29 is 14.6 Å². The first kappa shape index (κ1) is 14.9. The van der Waals surface area contributed by atoms with Crippen LogP contribution >= 0.6 is 0 Å². The molecule has 1 aromatic carbocycles. The predicted molar refractivity (Wildman–Crippen MR) is 71.2 cm³/mol. The summed E-state index contributed by atoms with van der Waals surface area (Å²) in [6.45, 7) is 2.68. The summed E-state index contributed by atoms with van der Waals surface area (Å²) in [5.41, 5.74) is 1.47. The number of aliphatic hydroxyl groups is 2. The van der Waals surface area contributed by atoms with Gasteiger partial charge in [-0.1, -0.05) is 0 Å². The topological polar surface area (TPSA) is 43.7 Å². The van der Waals surface area contributed by atoms with Crippen LogP contribution in [0.2, 0.25) is 0 Å². The number of halogens is 1. The first-order chi connectivity index (χ1) is 8.56. The highest BCUT2D eigenvalue weighted by Crippen LogP contribution is 2.26. The van der Waals surface area contributed by atoms with E-state index in [1.165, 1.54) is 12.1 Å². The van der Waals surface area contributed by atoms with Crippen molar-refractivity contribution in [3.63, 3.8) is 0 Å². The zero-order chi connectivity index (χ0) is 13.5. The van der Waals surface area contributed by atoms with E-state index in [2.05, 4.69) is 0 Å². The molecule has 1 aromatic rings. The average molecular weight is 255 g/mol. The van der Waals surface area contributed by atoms with Crippen molar-refractivity contribution in [2.75, 3.05) is 25.1 Å². The van der Waals surface area contributed by atoms with Crippen LogP contribution in [0.1, 0.15) is 37.9 Å². The molecule has 0 saturated heterocycles. The van der Waals surface area contributed by atoms with Crippen LogP contribution in [0.4, 0.5) is 10.1 Å². The molecule has 0 aliphatic carbocycles. The fourth-order valence-corrected chi connectivity index (χ4v) is 1.97. The van der Waals surface area contributed by atoms with Gasteiger partial charge in [-0.3, -0.25) is 0 Å². The van der Waals surface area contributed by atoms with E-state index in [1.54, 1.807) is 13.0 Å². The Hall–Kier alpha value is -1.13. The van der Waals surface area contributed by atoms with E-state index in [-0.39, 0.29) is 12.4 Å². The Morgan fingerprint density at radius 3 is 2.61 bits per heavy atom. The van der Waals surface area contributed by atoms with Crippen LogP contribution in [0, 0.1) is 5.82 Å². The monoisotopic (exact) mass is 255 g/mol. The van der Waals surface area contributed by atoms with Crippen molar-refractivity contribution in [3.05, 3.63) is 29.6 Å². The Morgan fingerprint density at radius 1 is 1.28 bits per heavy atom. The first-order valence-electron chi connectivity index (χ1n) is 6.35. The minimum Gasteiger partial charge on any atom is -0.396 e. The summed E-state index contributed by atoms with van der Waals surface area (Å²) in [7, 11) is 1.93. The molecule has 1 rings (SSSR count). The van der Waals surface area contributed by atoms with Crippen LogP contribution < -0.4 is 4.90 Å². The largest absolute Gasteiger partial charge is 0.396 e. The van der Waals surface area contributed by atoms with E-state index in [9.17, 15) is 9.50 Å². The average Bonchev–Trinajstić information content (AvgIpc) is 2.34. The number of hydrogen-bond acceptors (Lipinski definition) is 3. The van der Waals surface area contributed by atoms with E-state index in [0.29, 0.717) is 5.56 Å². The third kappa shape index (κ3) is 4.27. The van der Waals surface area contributed by atoms with Crippen molar-refractivity contribution >= 4 is 5.69 Å². The molecule has 3 nitrogen and oxygen atoms in total. The molecule has 0 amide bonds. The maximum absolute atomic E-state index is 13.2. The van der Waals surface area contributed by atoms with Gasteiger partial charge in [-0.05, 0) is 44.4 Å². The third-order valence-electron chi connectivity index (χ3n) is 3.00. The molecule has 2 N–H and O–H groups in total. The fraction of sp³-hybridized carbons (Fsp3) is 0.571. The van der Waals surface area contributed by atoms with Crippen LogP contribution in [-0.2, 0) is 0 Å². The number of nitrogens with zero attached hydrogens (tertiary/aromatic N) is 1. The molecule has 0 fully saturated rings. The van der Waals surface area contributed by atoms with Crippen molar-refractivity contribution in [3.8, 4) is 0 Å². The Labute approximate surface area is 108 Å². The predicted octanol–water partition coefficient (Wildman–Crippen LogP) is 2.48. The van der Waals surface area contributed by atoms with Gasteiger partial charge in [-0.2, -0.15) is 0 Å². The van der Waals surface area contributed by atoms with Gasteiger partial charge in [0.2, 0.25) is 0 Å². The van der Waals surface area contributed by atoms with Gasteiger partial charge in [0.05, 0.1) is 6.10 Å². The Kier molecular flexibility index (Phi) is 6.09. The number of rotatable bonds is 7. The first-order valence-corrected chi connectivity index (χ1v) is 6.35. The molecular formula is C14H22FNO2. The summed E-state index contributed by atoms with van der Waals surface area (Å²) in [6.07, 6.45) is 2.05. The summed E-state index contributed by atoms with van der Waals surface area (Å²) >= 11 is 0. The van der Waals surface area contributed by atoms with Crippen molar-refractivity contribution in [1.82, 2.24) is 0 Å². The molecule has 1 atom stereocenters. The van der Waals surface area contributed by atoms with Gasteiger partial charge >= 0.3 is 0 Å². The van der Waals surface area contributed by atoms with Crippen LogP contribution in [-0.4, -0.2) is 30.4 Å². The molecule has 0 radical (unpaired) electrons. The van der Waals surface area contributed by atoms with Gasteiger partial charge < -0.3 is 15.1 Å². The Balaban J connectivity index is 2.69. The molecule has 4 heteroatoms. The van der Waals surface area contributed by atoms with Crippen LogP contribution in [0.15, 0.2) is 18.2 Å². The minimum absolute atomic E-state index is 0.221. The lowest BCUT2D eigenvalue weighted by Crippen LogP contribution is -2.20. The molecule has 0 bridgehead atoms. The maximum atomic E-state index is 13.2. The van der Waals surface area contributed by atoms with Gasteiger partial charge in [0.25, 0.3) is 0 Å². The highest BCUT2D eigenvalue weighted by molar-refractivity contribution is 5.54. The molecule has 102 valence electrons. The normalized spacial score (nSPS) is 12.5. The van der Waals surface area contributed by atoms with E-state index < -0.39 is 6.10 Å². The van der Waals surface area contributed by atoms with Crippen molar-refractivity contribution in [1.29, 1.82) is 0 Å². The molecule has 0 aliphatic rings. The van der Waals surface area contributed by atoms with E-state index in [4.69, 9.17) is 5.11 Å². The van der Waals surface area contributed by atoms with Gasteiger partial charge in [0.1, 0.15) is 5.82 Å². The molecule has 0 aliphatic heterocycles. The van der Waals surface area contributed by atoms with Gasteiger partial charge in [0, 0.05) is 31.5 Å². The van der Waals surface area contributed by atoms with E-state index in [1.807, 2.05) is 11.9 Å². The Bertz CT molecular complexity index is 369. The molecule has 18 heavy (non-hydrogen) atoms. The summed E-state index contributed by atoms with van der Waals surface area (Å²) in [5, 5.41) is 18.4. The fourth-order valence-electron chi connectivity index (χ4n) is 1.97. The summed E-state index contributed by atoms with van der Waals surface area (Å²) in [6, 6.07) is 4.49. The number of anilines is 1. The zero-order valence-corrected chi connectivity index (χ0v) is 11.1. The summed E-state index contributed by atoms with van der Waals surface area (Å²) in [5.74, 6) is -0.330. The van der Waals surface area contributed by atoms with Crippen LogP contribution in [0.3, 0.4) is 0 Å². The lowest BCUT2D eigenvalue weighted by atomic mass is 10.1. The third-order valence-corrected chi connectivity index (χ3v) is 3.00. The van der Waals surface area contributed by atoms with Crippen molar-refractivity contribution in [2.45, 2.75) is 32.3 Å². The maximum Gasteiger partial charge on any atom is 0.123 e. The molecular weight excluding hydrogens is 233 g/mol. The highest BCUT2D eigenvalue weighted by atomic mass is 19.1. The molecule has 0 aromatic heterocycles. The SMILES string of the molecule is C[C@@H](O)c1cc(F)ccc1N(C)CCCCCO. The van der Waals surface area contributed by atoms with Crippen LogP contribution in [0.25, 0.3) is 0 Å². The summed E-state index contributed by atoms with van der Waals surface area (Å²) in [4.78, 5) is 2.01. The highest BCUT2D eigenvalue weighted by Gasteiger charge is 2.12. The zero-order valence-electron chi connectivity index (χ0n) is 11.1. The standard InChI is InChI=1S/C14H22FNO2/c1-11(18)13-10-12(15)6-7-14(13)16(2)8-4-3-5-9-17/h6-7,10-11,17-18H,3-5,8-9H2,1-2H3/t11-/m1/s1. The van der Waals surface area contributed by atoms with E-state index >= 15 is 0 Å². The van der Waals surface area contributed by atoms with E-state index in [0.717, 1.165) is 31.5 Å². The number of aliphatic hydroxyl groups excluding tert-OH is 2. The number of unbranched alkanes of at least 4 members (excludes halogenated alkanes) is 2. The van der Waals surface area contributed by atoms with Gasteiger partial charge in [-0.25, -0.2) is 4.39 Å². The summed E-state index contributed by atoms with van der Waals surface area (Å²) < 4.78 is 13.2. The lowest BCUT2D eigenvalue weighted by molar-refractivity contribution is 0.199. The minimum atomic E-state index is -0.685. The van der Waals surface area contributed by atoms with Crippen molar-refractivity contribution in [2.24, 2.45) is 0 Å². The number of hydrogen-bond donors (Lipinski definition) is 2. The Morgan fingerprint density at radius 2 is 2.00 bits per heavy atom. The number of benzene rings is 1. The second-order valence-corrected chi connectivity index (χ2v) is 4.58. The molecule has 0 heterocycles. The molecule has 0 unspecified atom stereocenters. The van der Waals surface area contributed by atoms with Gasteiger partial charge in [-0.15, -0.1) is 0 Å². The van der Waals surface area contributed by atoms with Crippen LogP contribution in [0.5, 0.6) is 0 Å². The molecule has 0 spiro atoms. The molecule has 0 saturated carbocycles. The van der Waals surface area contributed by atoms with Gasteiger partial charge in [0.15, 0.2) is 0 Å².